The number of carbonyl (C=O) groups excluding carboxylic acids is 2. The van der Waals surface area contributed by atoms with E-state index < -0.39 is 34.0 Å². The molecule has 240 valence electrons. The summed E-state index contributed by atoms with van der Waals surface area (Å²) in [5.41, 5.74) is 1.41. The number of benzene rings is 3. The molecule has 0 aliphatic carbocycles. The third-order valence-electron chi connectivity index (χ3n) is 8.27. The zero-order valence-corrected chi connectivity index (χ0v) is 27.4. The number of carbonyl (C=O) groups is 2. The third-order valence-corrected chi connectivity index (χ3v) is 9.45. The summed E-state index contributed by atoms with van der Waals surface area (Å²) >= 11 is 0. The van der Waals surface area contributed by atoms with E-state index in [0.29, 0.717) is 27.6 Å². The average Bonchev–Trinajstić information content (AvgIpc) is 3.34. The van der Waals surface area contributed by atoms with Crippen LogP contribution in [-0.4, -0.2) is 52.3 Å². The molecule has 1 aromatic heterocycles. The van der Waals surface area contributed by atoms with Crippen molar-refractivity contribution in [3.63, 3.8) is 0 Å². The molecule has 11 heteroatoms. The molecule has 0 atom stereocenters. The highest BCUT2D eigenvalue weighted by atomic mass is 32.2. The van der Waals surface area contributed by atoms with E-state index in [1.165, 1.54) is 37.4 Å². The predicted molar refractivity (Wildman–Crippen MR) is 174 cm³/mol. The zero-order valence-electron chi connectivity index (χ0n) is 26.5. The topological polar surface area (TPSA) is 109 Å². The lowest BCUT2D eigenvalue weighted by molar-refractivity contribution is 0.0829. The lowest BCUT2D eigenvalue weighted by Crippen LogP contribution is -2.52. The maximum atomic E-state index is 13.7. The Morgan fingerprint density at radius 3 is 2.18 bits per heavy atom. The number of alkyl halides is 1. The van der Waals surface area contributed by atoms with E-state index in [-0.39, 0.29) is 46.9 Å². The lowest BCUT2D eigenvalue weighted by atomic mass is 9.76. The van der Waals surface area contributed by atoms with Crippen LogP contribution < -0.4 is 14.9 Å². The summed E-state index contributed by atoms with van der Waals surface area (Å²) in [6.45, 7) is 9.06. The quantitative estimate of drug-likeness (QED) is 0.195. The predicted octanol–water partition coefficient (Wildman–Crippen LogP) is 6.95. The Hall–Kier alpha value is -4.25. The van der Waals surface area contributed by atoms with Gasteiger partial charge in [0.1, 0.15) is 17.2 Å². The minimum atomic E-state index is -3.91. The zero-order chi connectivity index (χ0) is 33.3. The van der Waals surface area contributed by atoms with Crippen molar-refractivity contribution < 1.29 is 31.2 Å². The van der Waals surface area contributed by atoms with Gasteiger partial charge in [0.25, 0.3) is 11.8 Å². The van der Waals surface area contributed by atoms with Crippen molar-refractivity contribution in [2.75, 3.05) is 30.8 Å². The molecule has 0 unspecified atom stereocenters. The molecule has 0 spiro atoms. The van der Waals surface area contributed by atoms with Crippen molar-refractivity contribution in [2.45, 2.75) is 46.6 Å². The SMILES string of the molecule is CNC(=O)c1c(-c2ccc(F)cc2)oc2cc(N(CCCF)S(C)(=O)=O)c(-c3cccc(C(=O)NC(C)(C)C(C)(C)C)c3)cc12. The number of hydrogen-bond donors (Lipinski definition) is 2. The fraction of sp³-hybridized carbons (Fsp3) is 0.353. The number of furan rings is 1. The van der Waals surface area contributed by atoms with Crippen LogP contribution in [0.1, 0.15) is 61.8 Å². The van der Waals surface area contributed by atoms with E-state index in [9.17, 15) is 26.8 Å². The van der Waals surface area contributed by atoms with E-state index in [2.05, 4.69) is 10.6 Å². The highest BCUT2D eigenvalue weighted by molar-refractivity contribution is 7.92. The van der Waals surface area contributed by atoms with Crippen LogP contribution in [-0.2, 0) is 10.0 Å². The minimum absolute atomic E-state index is 0.0582. The summed E-state index contributed by atoms with van der Waals surface area (Å²) < 4.78 is 60.5. The van der Waals surface area contributed by atoms with Crippen LogP contribution in [0.2, 0.25) is 0 Å². The van der Waals surface area contributed by atoms with Gasteiger partial charge in [0, 0.05) is 47.3 Å². The van der Waals surface area contributed by atoms with Gasteiger partial charge in [-0.1, -0.05) is 32.9 Å². The van der Waals surface area contributed by atoms with E-state index >= 15 is 0 Å². The van der Waals surface area contributed by atoms with E-state index in [4.69, 9.17) is 4.42 Å². The summed E-state index contributed by atoms with van der Waals surface area (Å²) in [4.78, 5) is 26.7. The molecule has 45 heavy (non-hydrogen) atoms. The second-order valence-electron chi connectivity index (χ2n) is 12.5. The highest BCUT2D eigenvalue weighted by Gasteiger charge is 2.34. The molecular weight excluding hydrogens is 600 g/mol. The van der Waals surface area contributed by atoms with Gasteiger partial charge in [-0.25, -0.2) is 12.8 Å². The number of fused-ring (bicyclic) bond motifs is 1. The maximum absolute atomic E-state index is 13.7. The molecule has 0 bridgehead atoms. The summed E-state index contributed by atoms with van der Waals surface area (Å²) in [6.07, 6.45) is 0.969. The summed E-state index contributed by atoms with van der Waals surface area (Å²) in [6, 6.07) is 15.3. The molecular formula is C34H39F2N3O5S. The van der Waals surface area contributed by atoms with E-state index in [1.54, 1.807) is 30.3 Å². The molecule has 0 saturated heterocycles. The standard InChI is InChI=1S/C34H39F2N3O5S/c1-33(2,3)34(4,5)38-31(40)23-11-8-10-22(18-23)25-19-26-28(20-27(25)39(17-9-16-35)45(7,42)43)44-30(29(26)32(41)37-6)21-12-14-24(36)15-13-21/h8,10-15,18-20H,9,16-17H2,1-7H3,(H,37,41)(H,38,40). The Kier molecular flexibility index (Phi) is 9.44. The van der Waals surface area contributed by atoms with Gasteiger partial charge in [-0.15, -0.1) is 0 Å². The van der Waals surface area contributed by atoms with Crippen molar-refractivity contribution >= 4 is 38.5 Å². The molecule has 0 aliphatic heterocycles. The number of nitrogens with one attached hydrogen (secondary N) is 2. The Morgan fingerprint density at radius 2 is 1.60 bits per heavy atom. The number of amides is 2. The number of sulfonamides is 1. The largest absolute Gasteiger partial charge is 0.455 e. The van der Waals surface area contributed by atoms with Crippen LogP contribution in [0.15, 0.2) is 65.1 Å². The Morgan fingerprint density at radius 1 is 0.933 bits per heavy atom. The minimum Gasteiger partial charge on any atom is -0.455 e. The van der Waals surface area contributed by atoms with Crippen molar-refractivity contribution in [3.8, 4) is 22.5 Å². The molecule has 2 amide bonds. The van der Waals surface area contributed by atoms with Gasteiger partial charge >= 0.3 is 0 Å². The van der Waals surface area contributed by atoms with Gasteiger partial charge in [-0.05, 0) is 73.7 Å². The maximum Gasteiger partial charge on any atom is 0.255 e. The smallest absolute Gasteiger partial charge is 0.255 e. The summed E-state index contributed by atoms with van der Waals surface area (Å²) in [7, 11) is -2.45. The van der Waals surface area contributed by atoms with Crippen LogP contribution in [0.5, 0.6) is 0 Å². The molecule has 0 radical (unpaired) electrons. The fourth-order valence-corrected chi connectivity index (χ4v) is 5.73. The van der Waals surface area contributed by atoms with Gasteiger partial charge < -0.3 is 15.1 Å². The summed E-state index contributed by atoms with van der Waals surface area (Å²) in [5, 5.41) is 6.07. The number of anilines is 1. The molecule has 0 aliphatic rings. The van der Waals surface area contributed by atoms with Gasteiger partial charge in [0.2, 0.25) is 10.0 Å². The van der Waals surface area contributed by atoms with Crippen LogP contribution in [0.4, 0.5) is 14.5 Å². The molecule has 0 fully saturated rings. The van der Waals surface area contributed by atoms with E-state index in [1.807, 2.05) is 34.6 Å². The molecule has 4 rings (SSSR count). The van der Waals surface area contributed by atoms with Crippen molar-refractivity contribution in [3.05, 3.63) is 77.6 Å². The molecule has 0 saturated carbocycles. The number of halogens is 2. The van der Waals surface area contributed by atoms with Crippen molar-refractivity contribution in [1.82, 2.24) is 10.6 Å². The van der Waals surface area contributed by atoms with E-state index in [0.717, 1.165) is 10.6 Å². The first-order valence-corrected chi connectivity index (χ1v) is 16.4. The molecule has 4 aromatic rings. The number of rotatable bonds is 10. The van der Waals surface area contributed by atoms with Crippen LogP contribution in [0.25, 0.3) is 33.4 Å². The number of hydrogen-bond acceptors (Lipinski definition) is 5. The van der Waals surface area contributed by atoms with Gasteiger partial charge in [-0.2, -0.15) is 0 Å². The Labute approximate surface area is 262 Å². The van der Waals surface area contributed by atoms with Crippen LogP contribution in [0, 0.1) is 11.2 Å². The average molecular weight is 640 g/mol. The normalized spacial score (nSPS) is 12.3. The highest BCUT2D eigenvalue weighted by Crippen LogP contribution is 2.42. The molecule has 1 heterocycles. The molecule has 8 nitrogen and oxygen atoms in total. The summed E-state index contributed by atoms with van der Waals surface area (Å²) in [5.74, 6) is -1.08. The molecule has 2 N–H and O–H groups in total. The van der Waals surface area contributed by atoms with Crippen LogP contribution in [0.3, 0.4) is 0 Å². The molecule has 3 aromatic carbocycles. The number of nitrogens with zero attached hydrogens (tertiary/aromatic N) is 1. The van der Waals surface area contributed by atoms with Crippen molar-refractivity contribution in [1.29, 1.82) is 0 Å². The second-order valence-corrected chi connectivity index (χ2v) is 14.5. The third kappa shape index (κ3) is 7.03. The van der Waals surface area contributed by atoms with Crippen LogP contribution >= 0.6 is 0 Å². The van der Waals surface area contributed by atoms with Gasteiger partial charge in [0.15, 0.2) is 0 Å². The fourth-order valence-electron chi connectivity index (χ4n) is 4.76. The van der Waals surface area contributed by atoms with Crippen molar-refractivity contribution in [2.24, 2.45) is 5.41 Å². The van der Waals surface area contributed by atoms with Gasteiger partial charge in [-0.3, -0.25) is 18.3 Å². The monoisotopic (exact) mass is 639 g/mol. The first-order chi connectivity index (χ1) is 21.0. The first-order valence-electron chi connectivity index (χ1n) is 14.5. The first kappa shape index (κ1) is 33.6. The Balaban J connectivity index is 2.01. The van der Waals surface area contributed by atoms with Gasteiger partial charge in [0.05, 0.1) is 24.2 Å². The second kappa shape index (κ2) is 12.6. The lowest BCUT2D eigenvalue weighted by Gasteiger charge is -2.39. The Bertz CT molecular complexity index is 1840.